The summed E-state index contributed by atoms with van der Waals surface area (Å²) in [7, 11) is 0. The Morgan fingerprint density at radius 3 is 2.85 bits per heavy atom. The summed E-state index contributed by atoms with van der Waals surface area (Å²) >= 11 is 1.54. The van der Waals surface area contributed by atoms with E-state index in [2.05, 4.69) is 5.16 Å². The van der Waals surface area contributed by atoms with Crippen LogP contribution in [0.4, 0.5) is 0 Å². The lowest BCUT2D eigenvalue weighted by Crippen LogP contribution is -1.90. The summed E-state index contributed by atoms with van der Waals surface area (Å²) in [4.78, 5) is 0.943. The highest BCUT2D eigenvalue weighted by Gasteiger charge is 2.02. The first kappa shape index (κ1) is 8.07. The van der Waals surface area contributed by atoms with Gasteiger partial charge in [0.1, 0.15) is 0 Å². The molecule has 0 aromatic carbocycles. The van der Waals surface area contributed by atoms with Crippen LogP contribution >= 0.6 is 11.3 Å². The lowest BCUT2D eigenvalue weighted by atomic mass is 10.4. The van der Waals surface area contributed by atoms with Crippen molar-refractivity contribution in [3.63, 3.8) is 0 Å². The third-order valence-corrected chi connectivity index (χ3v) is 2.57. The lowest BCUT2D eigenvalue weighted by molar-refractivity contribution is 0.322. The van der Waals surface area contributed by atoms with Crippen LogP contribution in [0.5, 0.6) is 0 Å². The quantitative estimate of drug-likeness (QED) is 0.442. The minimum absolute atomic E-state index is 0.943. The van der Waals surface area contributed by atoms with Crippen molar-refractivity contribution >= 4 is 17.6 Å². The molecular weight excluding hydrogens is 184 g/mol. The predicted molar refractivity (Wildman–Crippen MR) is 53.0 cm³/mol. The summed E-state index contributed by atoms with van der Waals surface area (Å²) in [6, 6.07) is 5.90. The molecule has 66 valence electrons. The average molecular weight is 192 g/mol. The molecule has 0 bridgehead atoms. The fourth-order valence-corrected chi connectivity index (χ4v) is 1.92. The SMILES string of the molecule is O/N=C/c1sccc1-n1cccc1. The molecule has 0 fully saturated rings. The summed E-state index contributed by atoms with van der Waals surface area (Å²) in [5.41, 5.74) is 1.04. The number of rotatable bonds is 2. The number of hydrogen-bond acceptors (Lipinski definition) is 3. The van der Waals surface area contributed by atoms with Crippen LogP contribution in [0.3, 0.4) is 0 Å². The molecule has 3 nitrogen and oxygen atoms in total. The van der Waals surface area contributed by atoms with Crippen molar-refractivity contribution in [2.45, 2.75) is 0 Å². The molecule has 0 radical (unpaired) electrons. The predicted octanol–water partition coefficient (Wildman–Crippen LogP) is 2.35. The van der Waals surface area contributed by atoms with Crippen molar-refractivity contribution < 1.29 is 5.21 Å². The molecule has 0 amide bonds. The fraction of sp³-hybridized carbons (Fsp3) is 0. The minimum Gasteiger partial charge on any atom is -0.411 e. The molecule has 2 aromatic rings. The fourth-order valence-electron chi connectivity index (χ4n) is 1.17. The molecule has 4 heteroatoms. The summed E-state index contributed by atoms with van der Waals surface area (Å²) in [6.45, 7) is 0. The van der Waals surface area contributed by atoms with Gasteiger partial charge in [-0.05, 0) is 23.6 Å². The maximum absolute atomic E-state index is 8.43. The number of nitrogens with zero attached hydrogens (tertiary/aromatic N) is 2. The Bertz CT molecular complexity index is 403. The Kier molecular flexibility index (Phi) is 2.14. The van der Waals surface area contributed by atoms with E-state index in [0.29, 0.717) is 0 Å². The van der Waals surface area contributed by atoms with Gasteiger partial charge in [-0.1, -0.05) is 5.16 Å². The highest BCUT2D eigenvalue weighted by Crippen LogP contribution is 2.18. The molecule has 0 saturated carbocycles. The molecule has 1 N–H and O–H groups in total. The van der Waals surface area contributed by atoms with E-state index >= 15 is 0 Å². The first-order valence-electron chi connectivity index (χ1n) is 3.80. The van der Waals surface area contributed by atoms with E-state index in [4.69, 9.17) is 5.21 Å². The van der Waals surface area contributed by atoms with Crippen molar-refractivity contribution in [2.75, 3.05) is 0 Å². The molecule has 0 aliphatic heterocycles. The Morgan fingerprint density at radius 2 is 2.15 bits per heavy atom. The molecule has 2 heterocycles. The van der Waals surface area contributed by atoms with Crippen LogP contribution in [0, 0.1) is 0 Å². The molecule has 0 aliphatic carbocycles. The van der Waals surface area contributed by atoms with Gasteiger partial charge in [0.05, 0.1) is 16.8 Å². The van der Waals surface area contributed by atoms with E-state index in [-0.39, 0.29) is 0 Å². The van der Waals surface area contributed by atoms with Crippen LogP contribution in [-0.2, 0) is 0 Å². The molecule has 0 atom stereocenters. The standard InChI is InChI=1S/C9H8N2OS/c12-10-7-9-8(3-6-13-9)11-4-1-2-5-11/h1-7,12H/b10-7+. The Hall–Kier alpha value is -1.55. The van der Waals surface area contributed by atoms with Crippen LogP contribution in [0.25, 0.3) is 5.69 Å². The summed E-state index contributed by atoms with van der Waals surface area (Å²) in [6.07, 6.45) is 5.35. The summed E-state index contributed by atoms with van der Waals surface area (Å²) in [5, 5.41) is 13.4. The van der Waals surface area contributed by atoms with Gasteiger partial charge in [-0.25, -0.2) is 0 Å². The van der Waals surface area contributed by atoms with Crippen molar-refractivity contribution in [1.29, 1.82) is 0 Å². The summed E-state index contributed by atoms with van der Waals surface area (Å²) < 4.78 is 1.98. The largest absolute Gasteiger partial charge is 0.411 e. The van der Waals surface area contributed by atoms with Crippen LogP contribution in [0.2, 0.25) is 0 Å². The highest BCUT2D eigenvalue weighted by molar-refractivity contribution is 7.12. The maximum Gasteiger partial charge on any atom is 0.0854 e. The van der Waals surface area contributed by atoms with Gasteiger partial charge in [0.25, 0.3) is 0 Å². The van der Waals surface area contributed by atoms with E-state index in [0.717, 1.165) is 10.6 Å². The molecule has 0 unspecified atom stereocenters. The van der Waals surface area contributed by atoms with E-state index in [9.17, 15) is 0 Å². The average Bonchev–Trinajstić information content (AvgIpc) is 2.71. The zero-order valence-corrected chi connectivity index (χ0v) is 7.61. The van der Waals surface area contributed by atoms with Crippen molar-refractivity contribution in [1.82, 2.24) is 4.57 Å². The normalized spacial score (nSPS) is 11.1. The Morgan fingerprint density at radius 1 is 1.38 bits per heavy atom. The smallest absolute Gasteiger partial charge is 0.0854 e. The molecule has 13 heavy (non-hydrogen) atoms. The second-order valence-electron chi connectivity index (χ2n) is 2.50. The van der Waals surface area contributed by atoms with Crippen LogP contribution in [0.1, 0.15) is 4.88 Å². The number of aromatic nitrogens is 1. The topological polar surface area (TPSA) is 37.5 Å². The first-order valence-corrected chi connectivity index (χ1v) is 4.68. The second kappa shape index (κ2) is 3.45. The van der Waals surface area contributed by atoms with E-state index in [1.165, 1.54) is 6.21 Å². The third-order valence-electron chi connectivity index (χ3n) is 1.73. The Balaban J connectivity index is 2.46. The zero-order valence-electron chi connectivity index (χ0n) is 6.79. The lowest BCUT2D eigenvalue weighted by Gasteiger charge is -1.99. The Labute approximate surface area is 79.6 Å². The monoisotopic (exact) mass is 192 g/mol. The number of hydrogen-bond donors (Lipinski definition) is 1. The van der Waals surface area contributed by atoms with Gasteiger partial charge in [0.15, 0.2) is 0 Å². The number of oxime groups is 1. The van der Waals surface area contributed by atoms with Crippen LogP contribution in [0.15, 0.2) is 41.1 Å². The highest BCUT2D eigenvalue weighted by atomic mass is 32.1. The second-order valence-corrected chi connectivity index (χ2v) is 3.45. The molecule has 2 rings (SSSR count). The van der Waals surface area contributed by atoms with Crippen molar-refractivity contribution in [3.8, 4) is 5.69 Å². The van der Waals surface area contributed by atoms with Gasteiger partial charge in [0.2, 0.25) is 0 Å². The van der Waals surface area contributed by atoms with Gasteiger partial charge in [-0.15, -0.1) is 11.3 Å². The molecular formula is C9H8N2OS. The van der Waals surface area contributed by atoms with Crippen molar-refractivity contribution in [2.24, 2.45) is 5.16 Å². The van der Waals surface area contributed by atoms with Gasteiger partial charge in [-0.2, -0.15) is 0 Å². The van der Waals surface area contributed by atoms with Crippen LogP contribution in [-0.4, -0.2) is 16.0 Å². The zero-order chi connectivity index (χ0) is 9.10. The summed E-state index contributed by atoms with van der Waals surface area (Å²) in [5.74, 6) is 0. The maximum atomic E-state index is 8.43. The number of thiophene rings is 1. The third kappa shape index (κ3) is 1.48. The molecule has 0 spiro atoms. The van der Waals surface area contributed by atoms with Crippen LogP contribution < -0.4 is 0 Å². The minimum atomic E-state index is 0.943. The molecule has 0 saturated heterocycles. The van der Waals surface area contributed by atoms with E-state index < -0.39 is 0 Å². The molecule has 2 aromatic heterocycles. The van der Waals surface area contributed by atoms with Gasteiger partial charge >= 0.3 is 0 Å². The molecule has 0 aliphatic rings. The van der Waals surface area contributed by atoms with Crippen molar-refractivity contribution in [3.05, 3.63) is 40.8 Å². The van der Waals surface area contributed by atoms with Gasteiger partial charge in [0, 0.05) is 12.4 Å². The van der Waals surface area contributed by atoms with E-state index in [1.807, 2.05) is 40.5 Å². The van der Waals surface area contributed by atoms with Gasteiger partial charge in [-0.3, -0.25) is 0 Å². The van der Waals surface area contributed by atoms with Gasteiger partial charge < -0.3 is 9.77 Å². The first-order chi connectivity index (χ1) is 6.42. The van der Waals surface area contributed by atoms with E-state index in [1.54, 1.807) is 11.3 Å².